The van der Waals surface area contributed by atoms with Crippen LogP contribution in [0.5, 0.6) is 0 Å². The number of hydrogen-bond acceptors (Lipinski definition) is 4. The Morgan fingerprint density at radius 3 is 2.69 bits per heavy atom. The molecule has 0 atom stereocenters. The van der Waals surface area contributed by atoms with Gasteiger partial charge in [-0.2, -0.15) is 5.10 Å². The largest absolute Gasteiger partial charge is 0.370 e. The van der Waals surface area contributed by atoms with Gasteiger partial charge in [-0.05, 0) is 36.7 Å². The molecule has 2 heterocycles. The molecular formula is C19H25N5OS. The Balaban J connectivity index is 1.69. The Kier molecular flexibility index (Phi) is 6.00. The summed E-state index contributed by atoms with van der Waals surface area (Å²) >= 11 is 5.57. The molecule has 2 N–H and O–H groups in total. The molecule has 0 bridgehead atoms. The van der Waals surface area contributed by atoms with Crippen molar-refractivity contribution in [3.8, 4) is 0 Å². The number of carbonyl (C=O) groups excluding carboxylic acids is 1. The molecule has 26 heavy (non-hydrogen) atoms. The summed E-state index contributed by atoms with van der Waals surface area (Å²) in [5, 5.41) is 4.63. The van der Waals surface area contributed by atoms with Gasteiger partial charge in [-0.15, -0.1) is 0 Å². The Labute approximate surface area is 158 Å². The molecule has 3 rings (SSSR count). The van der Waals surface area contributed by atoms with Gasteiger partial charge in [0.15, 0.2) is 4.77 Å². The van der Waals surface area contributed by atoms with Crippen molar-refractivity contribution in [1.82, 2.24) is 19.2 Å². The summed E-state index contributed by atoms with van der Waals surface area (Å²) in [6, 6.07) is 10.5. The van der Waals surface area contributed by atoms with E-state index in [1.807, 2.05) is 22.2 Å². The van der Waals surface area contributed by atoms with E-state index in [0.29, 0.717) is 24.3 Å². The first kappa shape index (κ1) is 18.5. The van der Waals surface area contributed by atoms with Crippen molar-refractivity contribution >= 4 is 23.7 Å². The van der Waals surface area contributed by atoms with Crippen LogP contribution in [0, 0.1) is 4.77 Å². The van der Waals surface area contributed by atoms with E-state index in [-0.39, 0.29) is 5.91 Å². The first-order valence-electron chi connectivity index (χ1n) is 9.00. The molecule has 1 aliphatic heterocycles. The predicted molar refractivity (Wildman–Crippen MR) is 105 cm³/mol. The Morgan fingerprint density at radius 1 is 1.31 bits per heavy atom. The number of nitrogens with zero attached hydrogens (tertiary/aromatic N) is 4. The number of hydrogen-bond donors (Lipinski definition) is 1. The highest BCUT2D eigenvalue weighted by atomic mass is 32.1. The lowest BCUT2D eigenvalue weighted by Gasteiger charge is -2.26. The van der Waals surface area contributed by atoms with Crippen molar-refractivity contribution in [2.24, 2.45) is 5.73 Å². The van der Waals surface area contributed by atoms with E-state index in [9.17, 15) is 4.79 Å². The van der Waals surface area contributed by atoms with Crippen LogP contribution in [0.2, 0.25) is 0 Å². The number of aromatic nitrogens is 3. The highest BCUT2D eigenvalue weighted by molar-refractivity contribution is 7.71. The maximum atomic E-state index is 11.1. The van der Waals surface area contributed by atoms with Crippen LogP contribution < -0.4 is 5.73 Å². The summed E-state index contributed by atoms with van der Waals surface area (Å²) < 4.78 is 4.54. The van der Waals surface area contributed by atoms with Crippen LogP contribution in [0.4, 0.5) is 0 Å². The maximum absolute atomic E-state index is 11.1. The van der Waals surface area contributed by atoms with E-state index in [2.05, 4.69) is 40.3 Å². The second-order valence-electron chi connectivity index (χ2n) is 6.47. The summed E-state index contributed by atoms with van der Waals surface area (Å²) in [5.74, 6) is 0.511. The number of aryl methyl sites for hydroxylation is 1. The number of benzene rings is 1. The smallest absolute Gasteiger partial charge is 0.217 e. The molecule has 1 aromatic heterocycles. The van der Waals surface area contributed by atoms with Crippen LogP contribution in [0.1, 0.15) is 31.2 Å². The Morgan fingerprint density at radius 2 is 2.08 bits per heavy atom. The van der Waals surface area contributed by atoms with Crippen molar-refractivity contribution in [2.45, 2.75) is 39.4 Å². The molecule has 1 amide bonds. The molecule has 0 fully saturated rings. The Bertz CT molecular complexity index is 853. The molecule has 1 aromatic carbocycles. The van der Waals surface area contributed by atoms with Gasteiger partial charge in [-0.3, -0.25) is 9.69 Å². The zero-order valence-electron chi connectivity index (χ0n) is 15.1. The molecule has 138 valence electrons. The molecule has 2 aromatic rings. The van der Waals surface area contributed by atoms with Crippen LogP contribution in [0.3, 0.4) is 0 Å². The zero-order chi connectivity index (χ0) is 18.5. The van der Waals surface area contributed by atoms with Crippen molar-refractivity contribution in [1.29, 1.82) is 0 Å². The molecule has 0 spiro atoms. The highest BCUT2D eigenvalue weighted by Gasteiger charge is 2.16. The molecule has 1 aliphatic rings. The lowest BCUT2D eigenvalue weighted by Crippen LogP contribution is -2.31. The predicted octanol–water partition coefficient (Wildman–Crippen LogP) is 2.60. The fourth-order valence-electron chi connectivity index (χ4n) is 3.26. The molecule has 0 saturated carbocycles. The number of carbonyl (C=O) groups is 1. The second-order valence-corrected chi connectivity index (χ2v) is 6.84. The molecule has 6 nitrogen and oxygen atoms in total. The third-order valence-electron chi connectivity index (χ3n) is 4.68. The van der Waals surface area contributed by atoms with Gasteiger partial charge in [0.2, 0.25) is 5.91 Å². The second kappa shape index (κ2) is 8.42. The minimum atomic E-state index is -0.317. The zero-order valence-corrected chi connectivity index (χ0v) is 15.9. The topological polar surface area (TPSA) is 69.1 Å². The fourth-order valence-corrected chi connectivity index (χ4v) is 3.59. The lowest BCUT2D eigenvalue weighted by molar-refractivity contribution is -0.118. The van der Waals surface area contributed by atoms with Crippen LogP contribution >= 0.6 is 12.2 Å². The molecule has 0 aliphatic carbocycles. The standard InChI is InChI=1S/C19H25N5OS/c1-2-23-18(9-8-17(20)25)21-24(19(23)26)14-22-12-10-16(11-13-22)15-6-4-3-5-7-15/h3-7,10H,2,8-9,11-14H2,1H3,(H2,20,25). The van der Waals surface area contributed by atoms with Gasteiger partial charge in [0.1, 0.15) is 5.82 Å². The van der Waals surface area contributed by atoms with E-state index in [1.54, 1.807) is 0 Å². The van der Waals surface area contributed by atoms with Crippen molar-refractivity contribution in [3.63, 3.8) is 0 Å². The summed E-state index contributed by atoms with van der Waals surface area (Å²) in [6.45, 7) is 5.28. The van der Waals surface area contributed by atoms with Gasteiger partial charge in [-0.25, -0.2) is 4.68 Å². The van der Waals surface area contributed by atoms with Crippen LogP contribution in [-0.4, -0.2) is 38.2 Å². The summed E-state index contributed by atoms with van der Waals surface area (Å²) in [4.78, 5) is 13.4. The summed E-state index contributed by atoms with van der Waals surface area (Å²) in [5.41, 5.74) is 7.96. The molecule has 0 unspecified atom stereocenters. The normalized spacial score (nSPS) is 15.0. The minimum absolute atomic E-state index is 0.290. The SMILES string of the molecule is CCn1c(CCC(N)=O)nn(CN2CC=C(c3ccccc3)CC2)c1=S. The Hall–Kier alpha value is -2.25. The van der Waals surface area contributed by atoms with E-state index in [4.69, 9.17) is 18.0 Å². The minimum Gasteiger partial charge on any atom is -0.370 e. The molecular weight excluding hydrogens is 346 g/mol. The van der Waals surface area contributed by atoms with E-state index >= 15 is 0 Å². The molecule has 7 heteroatoms. The average Bonchev–Trinajstić information content (AvgIpc) is 2.96. The summed E-state index contributed by atoms with van der Waals surface area (Å²) in [6.07, 6.45) is 4.12. The van der Waals surface area contributed by atoms with Crippen molar-refractivity contribution < 1.29 is 4.79 Å². The van der Waals surface area contributed by atoms with Crippen LogP contribution in [0.15, 0.2) is 36.4 Å². The van der Waals surface area contributed by atoms with Gasteiger partial charge in [0.05, 0.1) is 6.67 Å². The number of amides is 1. The lowest BCUT2D eigenvalue weighted by atomic mass is 10.00. The van der Waals surface area contributed by atoms with Crippen molar-refractivity contribution in [3.05, 3.63) is 52.6 Å². The third-order valence-corrected chi connectivity index (χ3v) is 5.11. The van der Waals surface area contributed by atoms with Gasteiger partial charge in [-0.1, -0.05) is 36.4 Å². The monoisotopic (exact) mass is 371 g/mol. The number of nitrogens with two attached hydrogens (primary N) is 1. The van der Waals surface area contributed by atoms with Gasteiger partial charge < -0.3 is 10.3 Å². The van der Waals surface area contributed by atoms with Crippen molar-refractivity contribution in [2.75, 3.05) is 13.1 Å². The maximum Gasteiger partial charge on any atom is 0.217 e. The van der Waals surface area contributed by atoms with Crippen LogP contribution in [0.25, 0.3) is 5.57 Å². The van der Waals surface area contributed by atoms with E-state index in [1.165, 1.54) is 11.1 Å². The third kappa shape index (κ3) is 4.28. The first-order chi connectivity index (χ1) is 12.6. The number of primary amides is 1. The van der Waals surface area contributed by atoms with E-state index in [0.717, 1.165) is 31.9 Å². The molecule has 0 radical (unpaired) electrons. The molecule has 0 saturated heterocycles. The average molecular weight is 372 g/mol. The quantitative estimate of drug-likeness (QED) is 0.760. The first-order valence-corrected chi connectivity index (χ1v) is 9.41. The van der Waals surface area contributed by atoms with E-state index < -0.39 is 0 Å². The van der Waals surface area contributed by atoms with Gasteiger partial charge in [0, 0.05) is 32.5 Å². The highest BCUT2D eigenvalue weighted by Crippen LogP contribution is 2.22. The van der Waals surface area contributed by atoms with Gasteiger partial charge in [0.25, 0.3) is 0 Å². The van der Waals surface area contributed by atoms with Gasteiger partial charge >= 0.3 is 0 Å². The number of rotatable bonds is 7. The summed E-state index contributed by atoms with van der Waals surface area (Å²) in [7, 11) is 0. The fraction of sp³-hybridized carbons (Fsp3) is 0.421. The van der Waals surface area contributed by atoms with Crippen LogP contribution in [-0.2, 0) is 24.4 Å².